The number of aryl methyl sites for hydroxylation is 1. The Bertz CT molecular complexity index is 792. The molecule has 8 heteroatoms. The van der Waals surface area contributed by atoms with Crippen molar-refractivity contribution in [2.24, 2.45) is 0 Å². The lowest BCUT2D eigenvalue weighted by Gasteiger charge is -2.33. The number of benzene rings is 1. The van der Waals surface area contributed by atoms with Crippen LogP contribution in [0, 0.1) is 17.0 Å². The van der Waals surface area contributed by atoms with Crippen molar-refractivity contribution in [1.82, 2.24) is 0 Å². The van der Waals surface area contributed by atoms with E-state index < -0.39 is 0 Å². The Morgan fingerprint density at radius 3 is 2.54 bits per heavy atom. The topological polar surface area (TPSA) is 90.3 Å². The van der Waals surface area contributed by atoms with Crippen molar-refractivity contribution in [3.8, 4) is 0 Å². The predicted molar refractivity (Wildman–Crippen MR) is 94.5 cm³/mol. The molecule has 0 amide bonds. The van der Waals surface area contributed by atoms with Crippen LogP contribution in [0.3, 0.4) is 0 Å². The molecule has 1 aliphatic rings. The molecular weight excluding hydrogens is 338 g/mol. The summed E-state index contributed by atoms with van der Waals surface area (Å²) in [6.07, 6.45) is 0. The van der Waals surface area contributed by atoms with Crippen molar-refractivity contribution in [1.29, 1.82) is 0 Å². The average molecular weight is 360 g/mol. The Morgan fingerprint density at radius 2 is 1.96 bits per heavy atom. The van der Waals surface area contributed by atoms with Gasteiger partial charge in [-0.1, -0.05) is 0 Å². The molecule has 1 N–H and O–H groups in total. The van der Waals surface area contributed by atoms with Crippen molar-refractivity contribution in [3.63, 3.8) is 0 Å². The summed E-state index contributed by atoms with van der Waals surface area (Å²) in [5.41, 5.74) is 1.58. The molecule has 0 radical (unpaired) electrons. The summed E-state index contributed by atoms with van der Waals surface area (Å²) in [5, 5.41) is 10.7. The Balaban J connectivity index is 1.57. The highest BCUT2D eigenvalue weighted by molar-refractivity contribution is 5.90. The summed E-state index contributed by atoms with van der Waals surface area (Å²) >= 11 is 0. The van der Waals surface area contributed by atoms with Crippen LogP contribution in [0.5, 0.6) is 0 Å². The molecule has 1 aliphatic heterocycles. The number of non-ortho nitro benzene ring substituents is 1. The van der Waals surface area contributed by atoms with Gasteiger partial charge in [-0.15, -0.1) is 0 Å². The highest BCUT2D eigenvalue weighted by atomic mass is 16.6. The SMILES string of the molecule is COC(=O)c1cc(C[NH+]2CCN(c3ccc([N+](=O)[O-])cc3)CC2)oc1C. The first kappa shape index (κ1) is 17.9. The number of esters is 1. The van der Waals surface area contributed by atoms with Gasteiger partial charge in [-0.25, -0.2) is 4.79 Å². The molecule has 1 aromatic carbocycles. The molecule has 0 atom stereocenters. The quantitative estimate of drug-likeness (QED) is 0.489. The van der Waals surface area contributed by atoms with Crippen LogP contribution in [0.4, 0.5) is 11.4 Å². The van der Waals surface area contributed by atoms with E-state index in [1.807, 2.05) is 0 Å². The Morgan fingerprint density at radius 1 is 1.31 bits per heavy atom. The van der Waals surface area contributed by atoms with Gasteiger partial charge in [-0.3, -0.25) is 10.1 Å². The second kappa shape index (κ2) is 7.57. The summed E-state index contributed by atoms with van der Waals surface area (Å²) < 4.78 is 10.4. The fourth-order valence-corrected chi connectivity index (χ4v) is 3.23. The fourth-order valence-electron chi connectivity index (χ4n) is 3.23. The second-order valence-electron chi connectivity index (χ2n) is 6.36. The molecule has 2 heterocycles. The van der Waals surface area contributed by atoms with Gasteiger partial charge in [0.05, 0.1) is 38.2 Å². The Labute approximate surface area is 151 Å². The number of nitro groups is 1. The summed E-state index contributed by atoms with van der Waals surface area (Å²) in [4.78, 5) is 25.6. The molecule has 1 aromatic heterocycles. The molecule has 138 valence electrons. The first-order chi connectivity index (χ1) is 12.5. The van der Waals surface area contributed by atoms with Gasteiger partial charge in [0.15, 0.2) is 5.76 Å². The smallest absolute Gasteiger partial charge is 0.341 e. The van der Waals surface area contributed by atoms with Crippen molar-refractivity contribution in [3.05, 3.63) is 57.5 Å². The van der Waals surface area contributed by atoms with Crippen LogP contribution in [-0.2, 0) is 11.3 Å². The fraction of sp³-hybridized carbons (Fsp3) is 0.389. The average Bonchev–Trinajstić information content (AvgIpc) is 3.02. The van der Waals surface area contributed by atoms with Gasteiger partial charge in [0.25, 0.3) is 5.69 Å². The largest absolute Gasteiger partial charge is 0.465 e. The summed E-state index contributed by atoms with van der Waals surface area (Å²) in [7, 11) is 1.36. The van der Waals surface area contributed by atoms with Crippen LogP contribution in [-0.4, -0.2) is 44.2 Å². The van der Waals surface area contributed by atoms with Gasteiger partial charge >= 0.3 is 5.97 Å². The number of furan rings is 1. The number of rotatable bonds is 5. The van der Waals surface area contributed by atoms with Crippen LogP contribution in [0.25, 0.3) is 0 Å². The number of ether oxygens (including phenoxy) is 1. The molecule has 3 rings (SSSR count). The van der Waals surface area contributed by atoms with Crippen LogP contribution in [0.15, 0.2) is 34.7 Å². The maximum atomic E-state index is 11.7. The van der Waals surface area contributed by atoms with Gasteiger partial charge in [-0.05, 0) is 19.1 Å². The number of piperazine rings is 1. The van der Waals surface area contributed by atoms with E-state index in [1.54, 1.807) is 25.1 Å². The van der Waals surface area contributed by atoms with Gasteiger partial charge < -0.3 is 19.0 Å². The van der Waals surface area contributed by atoms with E-state index in [9.17, 15) is 14.9 Å². The van der Waals surface area contributed by atoms with E-state index in [-0.39, 0.29) is 16.6 Å². The number of nitrogens with zero attached hydrogens (tertiary/aromatic N) is 2. The van der Waals surface area contributed by atoms with Gasteiger partial charge in [0.2, 0.25) is 0 Å². The highest BCUT2D eigenvalue weighted by Crippen LogP contribution is 2.19. The highest BCUT2D eigenvalue weighted by Gasteiger charge is 2.23. The normalized spacial score (nSPS) is 15.1. The molecular formula is C18H22N3O5+. The van der Waals surface area contributed by atoms with Crippen LogP contribution in [0.1, 0.15) is 21.9 Å². The third-order valence-electron chi connectivity index (χ3n) is 4.69. The first-order valence-corrected chi connectivity index (χ1v) is 8.48. The van der Waals surface area contributed by atoms with Crippen LogP contribution < -0.4 is 9.80 Å². The van der Waals surface area contributed by atoms with Crippen molar-refractivity contribution >= 4 is 17.3 Å². The molecule has 8 nitrogen and oxygen atoms in total. The zero-order chi connectivity index (χ0) is 18.7. The van der Waals surface area contributed by atoms with Crippen molar-refractivity contribution < 1.29 is 23.8 Å². The number of hydrogen-bond acceptors (Lipinski definition) is 6. The van der Waals surface area contributed by atoms with Gasteiger partial charge in [0, 0.05) is 23.9 Å². The van der Waals surface area contributed by atoms with E-state index in [0.717, 1.165) is 37.6 Å². The number of anilines is 1. The Hall–Kier alpha value is -2.87. The number of carbonyl (C=O) groups is 1. The monoisotopic (exact) mass is 360 g/mol. The lowest BCUT2D eigenvalue weighted by Crippen LogP contribution is -3.13. The maximum Gasteiger partial charge on any atom is 0.341 e. The molecule has 1 saturated heterocycles. The Kier molecular flexibility index (Phi) is 5.22. The summed E-state index contributed by atoms with van der Waals surface area (Å²) in [6.45, 7) is 6.03. The van der Waals surface area contributed by atoms with E-state index in [4.69, 9.17) is 9.15 Å². The lowest BCUT2D eigenvalue weighted by atomic mass is 10.2. The van der Waals surface area contributed by atoms with Gasteiger partial charge in [0.1, 0.15) is 17.9 Å². The second-order valence-corrected chi connectivity index (χ2v) is 6.36. The number of carbonyl (C=O) groups excluding carboxylic acids is 1. The number of nitro benzene ring substituents is 1. The van der Waals surface area contributed by atoms with Crippen LogP contribution >= 0.6 is 0 Å². The molecule has 0 spiro atoms. The molecule has 0 bridgehead atoms. The first-order valence-electron chi connectivity index (χ1n) is 8.48. The lowest BCUT2D eigenvalue weighted by molar-refractivity contribution is -0.915. The molecule has 26 heavy (non-hydrogen) atoms. The predicted octanol–water partition coefficient (Wildman–Crippen LogP) is 1.19. The zero-order valence-corrected chi connectivity index (χ0v) is 14.9. The van der Waals surface area contributed by atoms with Gasteiger partial charge in [-0.2, -0.15) is 0 Å². The number of nitrogens with one attached hydrogen (secondary N) is 1. The van der Waals surface area contributed by atoms with Crippen molar-refractivity contribution in [2.45, 2.75) is 13.5 Å². The summed E-state index contributed by atoms with van der Waals surface area (Å²) in [6, 6.07) is 8.42. The van der Waals surface area contributed by atoms with E-state index in [2.05, 4.69) is 4.90 Å². The molecule has 0 saturated carbocycles. The zero-order valence-electron chi connectivity index (χ0n) is 14.9. The van der Waals surface area contributed by atoms with Crippen LogP contribution in [0.2, 0.25) is 0 Å². The number of methoxy groups -OCH3 is 1. The van der Waals surface area contributed by atoms with E-state index >= 15 is 0 Å². The maximum absolute atomic E-state index is 11.7. The number of quaternary nitrogens is 1. The molecule has 1 fully saturated rings. The minimum absolute atomic E-state index is 0.104. The third-order valence-corrected chi connectivity index (χ3v) is 4.69. The molecule has 0 unspecified atom stereocenters. The standard InChI is InChI=1S/C18H21N3O5/c1-13-17(18(22)25-2)11-16(26-13)12-19-7-9-20(10-8-19)14-3-5-15(6-4-14)21(23)24/h3-6,11H,7-10,12H2,1-2H3/p+1. The third kappa shape index (κ3) is 3.85. The summed E-state index contributed by atoms with van der Waals surface area (Å²) in [5.74, 6) is 0.980. The van der Waals surface area contributed by atoms with E-state index in [0.29, 0.717) is 17.9 Å². The minimum atomic E-state index is -0.389. The van der Waals surface area contributed by atoms with Crippen molar-refractivity contribution in [2.75, 3.05) is 38.2 Å². The number of hydrogen-bond donors (Lipinski definition) is 1. The molecule has 2 aromatic rings. The minimum Gasteiger partial charge on any atom is -0.465 e. The van der Waals surface area contributed by atoms with E-state index in [1.165, 1.54) is 24.1 Å². The molecule has 0 aliphatic carbocycles.